The second-order valence-corrected chi connectivity index (χ2v) is 16.7. The minimum Gasteiger partial charge on any atom is -0.478 e. The largest absolute Gasteiger partial charge is 0.478 e. The standard InChI is InChI=1S/C21H13N3O2.2C18H10N4.Ru/c25-21(26)13-7-5-12(6-8-13)17-11-16-14-3-1-9-22-19(14)20-15(18(16)24-17)4-2-10-23-20;2*1-2-8-14-13(7-1)21-17-11-5-3-9-19-15(11)16-12(18(17)22-14)6-4-10-20-16;/h1-10H,11H2,(H,25,26);2*1-10H;. The van der Waals surface area contributed by atoms with Crippen molar-refractivity contribution in [1.82, 2.24) is 49.8 Å². The molecule has 0 fully saturated rings. The third-order valence-electron chi connectivity index (χ3n) is 12.6. The van der Waals surface area contributed by atoms with Crippen LogP contribution in [0.2, 0.25) is 0 Å². The summed E-state index contributed by atoms with van der Waals surface area (Å²) in [5.41, 5.74) is 16.5. The van der Waals surface area contributed by atoms with Gasteiger partial charge in [0.05, 0.1) is 94.2 Å². The maximum absolute atomic E-state index is 11.1. The summed E-state index contributed by atoms with van der Waals surface area (Å²) in [6.45, 7) is 0. The fraction of sp³-hybridized carbons (Fsp3) is 0.0175. The zero-order valence-corrected chi connectivity index (χ0v) is 38.9. The number of nitrogens with zero attached hydrogens (tertiary/aromatic N) is 11. The van der Waals surface area contributed by atoms with Gasteiger partial charge in [0.25, 0.3) is 0 Å². The van der Waals surface area contributed by atoms with Crippen molar-refractivity contribution in [3.05, 3.63) is 199 Å². The van der Waals surface area contributed by atoms with Crippen LogP contribution in [-0.4, -0.2) is 66.6 Å². The zero-order chi connectivity index (χ0) is 46.7. The summed E-state index contributed by atoms with van der Waals surface area (Å²) < 4.78 is 0. The van der Waals surface area contributed by atoms with Gasteiger partial charge in [-0.05, 0) is 114 Å². The number of carboxylic acid groups (broad SMARTS) is 1. The number of para-hydroxylation sites is 4. The summed E-state index contributed by atoms with van der Waals surface area (Å²) in [7, 11) is 0. The molecule has 9 heterocycles. The molecule has 0 saturated heterocycles. The van der Waals surface area contributed by atoms with Crippen molar-refractivity contribution in [2.45, 2.75) is 6.42 Å². The summed E-state index contributed by atoms with van der Waals surface area (Å²) in [4.78, 5) is 62.3. The molecule has 15 rings (SSSR count). The van der Waals surface area contributed by atoms with Crippen LogP contribution in [0.3, 0.4) is 0 Å². The third-order valence-corrected chi connectivity index (χ3v) is 12.6. The molecule has 0 amide bonds. The van der Waals surface area contributed by atoms with Gasteiger partial charge >= 0.3 is 5.97 Å². The number of aliphatic imine (C=N–C) groups is 1. The fourth-order valence-electron chi connectivity index (χ4n) is 9.42. The van der Waals surface area contributed by atoms with Gasteiger partial charge < -0.3 is 5.11 Å². The van der Waals surface area contributed by atoms with E-state index >= 15 is 0 Å². The molecule has 0 bridgehead atoms. The van der Waals surface area contributed by atoms with Gasteiger partial charge in [-0.25, -0.2) is 24.7 Å². The minimum atomic E-state index is -0.928. The van der Waals surface area contributed by atoms with E-state index in [4.69, 9.17) is 30.0 Å². The van der Waals surface area contributed by atoms with Crippen LogP contribution in [-0.2, 0) is 25.9 Å². The van der Waals surface area contributed by atoms with Gasteiger partial charge in [0.15, 0.2) is 0 Å². The molecule has 71 heavy (non-hydrogen) atoms. The first-order valence-electron chi connectivity index (χ1n) is 22.5. The minimum absolute atomic E-state index is 0. The van der Waals surface area contributed by atoms with E-state index in [2.05, 4.69) is 36.0 Å². The first kappa shape index (κ1) is 43.1. The van der Waals surface area contributed by atoms with Gasteiger partial charge in [0.2, 0.25) is 0 Å². The molecule has 0 unspecified atom stereocenters. The molecular formula is C57H33N11O2Ru. The Balaban J connectivity index is 0.000000109. The Hall–Kier alpha value is -9.26. The monoisotopic (exact) mass is 1010 g/mol. The molecule has 1 aliphatic heterocycles. The van der Waals surface area contributed by atoms with E-state index in [1.54, 1.807) is 49.3 Å². The zero-order valence-electron chi connectivity index (χ0n) is 37.2. The van der Waals surface area contributed by atoms with E-state index < -0.39 is 5.97 Å². The quantitative estimate of drug-likeness (QED) is 0.0985. The SMILES string of the molecule is O=C(O)c1ccc(C2=Nc3c(c4cccnc4c4ncccc34)C2)cc1.[Ru].c1ccc2nc3c4cccnc4c4ncccc4c3nc2c1.c1ccc2nc3c4cccnc4c4ncccc4c3nc2c1. The Morgan fingerprint density at radius 3 is 1.06 bits per heavy atom. The third kappa shape index (κ3) is 7.36. The number of fused-ring (bicyclic) bond motifs is 20. The number of hydrogen-bond donors (Lipinski definition) is 1. The molecule has 14 aromatic rings. The van der Waals surface area contributed by atoms with Crippen molar-refractivity contribution in [1.29, 1.82) is 0 Å². The number of benzene rings is 6. The predicted octanol–water partition coefficient (Wildman–Crippen LogP) is 11.9. The van der Waals surface area contributed by atoms with Crippen molar-refractivity contribution in [2.24, 2.45) is 4.99 Å². The molecule has 14 heteroatoms. The number of aromatic nitrogens is 10. The van der Waals surface area contributed by atoms with Gasteiger partial charge in [-0.3, -0.25) is 34.9 Å². The number of carbonyl (C=O) groups is 1. The van der Waals surface area contributed by atoms with Crippen LogP contribution >= 0.6 is 0 Å². The van der Waals surface area contributed by atoms with Crippen LogP contribution in [0.4, 0.5) is 5.69 Å². The smallest absolute Gasteiger partial charge is 0.335 e. The molecule has 0 atom stereocenters. The van der Waals surface area contributed by atoms with Crippen LogP contribution < -0.4 is 0 Å². The first-order chi connectivity index (χ1) is 34.6. The number of pyridine rings is 6. The van der Waals surface area contributed by atoms with Crippen LogP contribution in [0.1, 0.15) is 21.5 Å². The summed E-state index contributed by atoms with van der Waals surface area (Å²) in [6.07, 6.45) is 11.4. The Morgan fingerprint density at radius 2 is 0.690 bits per heavy atom. The molecule has 1 N–H and O–H groups in total. The molecule has 1 aliphatic rings. The van der Waals surface area contributed by atoms with E-state index in [0.29, 0.717) is 6.42 Å². The fourth-order valence-corrected chi connectivity index (χ4v) is 9.42. The Kier molecular flexibility index (Phi) is 10.7. The second kappa shape index (κ2) is 17.7. The maximum atomic E-state index is 11.1. The maximum Gasteiger partial charge on any atom is 0.335 e. The molecular weight excluding hydrogens is 972 g/mol. The van der Waals surface area contributed by atoms with Gasteiger partial charge in [-0.2, -0.15) is 0 Å². The van der Waals surface area contributed by atoms with Gasteiger partial charge in [0, 0.05) is 95.4 Å². The van der Waals surface area contributed by atoms with Crippen LogP contribution in [0, 0.1) is 0 Å². The van der Waals surface area contributed by atoms with Crippen molar-refractivity contribution in [2.75, 3.05) is 0 Å². The molecule has 6 aromatic carbocycles. The number of aromatic carboxylic acids is 1. The van der Waals surface area contributed by atoms with Crippen LogP contribution in [0.5, 0.6) is 0 Å². The number of rotatable bonds is 2. The van der Waals surface area contributed by atoms with Crippen molar-refractivity contribution < 1.29 is 29.4 Å². The molecule has 0 aliphatic carbocycles. The van der Waals surface area contributed by atoms with E-state index in [-0.39, 0.29) is 25.0 Å². The molecule has 0 radical (unpaired) electrons. The normalized spacial score (nSPS) is 12.0. The molecule has 0 spiro atoms. The Bertz CT molecular complexity index is 4140. The summed E-state index contributed by atoms with van der Waals surface area (Å²) in [5.74, 6) is -0.928. The average molecular weight is 1010 g/mol. The van der Waals surface area contributed by atoms with Gasteiger partial charge in [-0.15, -0.1) is 0 Å². The van der Waals surface area contributed by atoms with E-state index in [1.165, 1.54) is 0 Å². The van der Waals surface area contributed by atoms with E-state index in [0.717, 1.165) is 132 Å². The van der Waals surface area contributed by atoms with Gasteiger partial charge in [-0.1, -0.05) is 42.5 Å². The van der Waals surface area contributed by atoms with Gasteiger partial charge in [0.1, 0.15) is 0 Å². The molecule has 13 nitrogen and oxygen atoms in total. The molecule has 8 aromatic heterocycles. The topological polar surface area (TPSA) is 179 Å². The van der Waals surface area contributed by atoms with Crippen molar-refractivity contribution in [3.63, 3.8) is 0 Å². The van der Waals surface area contributed by atoms with E-state index in [9.17, 15) is 4.79 Å². The van der Waals surface area contributed by atoms with Crippen molar-refractivity contribution >= 4 is 127 Å². The number of hydrogen-bond acceptors (Lipinski definition) is 12. The van der Waals surface area contributed by atoms with Crippen LogP contribution in [0.25, 0.3) is 110 Å². The average Bonchev–Trinajstić information content (AvgIpc) is 3.89. The predicted molar refractivity (Wildman–Crippen MR) is 276 cm³/mol. The Morgan fingerprint density at radius 1 is 0.366 bits per heavy atom. The Labute approximate surface area is 414 Å². The summed E-state index contributed by atoms with van der Waals surface area (Å²) >= 11 is 0. The number of carboxylic acids is 1. The van der Waals surface area contributed by atoms with Crippen LogP contribution in [0.15, 0.2) is 188 Å². The van der Waals surface area contributed by atoms with E-state index in [1.807, 2.05) is 127 Å². The first-order valence-corrected chi connectivity index (χ1v) is 22.5. The second-order valence-electron chi connectivity index (χ2n) is 16.7. The molecule has 336 valence electrons. The summed E-state index contributed by atoms with van der Waals surface area (Å²) in [5, 5.41) is 15.1. The molecule has 0 saturated carbocycles. The van der Waals surface area contributed by atoms with Crippen molar-refractivity contribution in [3.8, 4) is 0 Å². The summed E-state index contributed by atoms with van der Waals surface area (Å²) in [6, 6.07) is 46.4.